The number of anilines is 1. The summed E-state index contributed by atoms with van der Waals surface area (Å²) >= 11 is 0. The SMILES string of the molecule is CCOC(=O)c1ccc(NC(=O)C(=O)NN)cc1. The highest BCUT2D eigenvalue weighted by molar-refractivity contribution is 6.39. The van der Waals surface area contributed by atoms with Crippen molar-refractivity contribution in [1.29, 1.82) is 0 Å². The first-order valence-electron chi connectivity index (χ1n) is 5.17. The van der Waals surface area contributed by atoms with Crippen LogP contribution in [0.4, 0.5) is 5.69 Å². The third-order valence-corrected chi connectivity index (χ3v) is 1.99. The van der Waals surface area contributed by atoms with Crippen LogP contribution in [0.15, 0.2) is 24.3 Å². The van der Waals surface area contributed by atoms with Crippen molar-refractivity contribution in [3.63, 3.8) is 0 Å². The van der Waals surface area contributed by atoms with Crippen molar-refractivity contribution in [3.8, 4) is 0 Å². The highest BCUT2D eigenvalue weighted by Crippen LogP contribution is 2.10. The lowest BCUT2D eigenvalue weighted by molar-refractivity contribution is -0.136. The van der Waals surface area contributed by atoms with Gasteiger partial charge in [-0.05, 0) is 31.2 Å². The fraction of sp³-hybridized carbons (Fsp3) is 0.182. The standard InChI is InChI=1S/C11H13N3O4/c1-2-18-11(17)7-3-5-8(6-4-7)13-9(15)10(16)14-12/h3-6H,2,12H2,1H3,(H,13,15)(H,14,16). The van der Waals surface area contributed by atoms with Crippen LogP contribution in [0.2, 0.25) is 0 Å². The monoisotopic (exact) mass is 251 g/mol. The maximum atomic E-state index is 11.3. The summed E-state index contributed by atoms with van der Waals surface area (Å²) in [6.45, 7) is 1.99. The lowest BCUT2D eigenvalue weighted by Crippen LogP contribution is -2.39. The highest BCUT2D eigenvalue weighted by Gasteiger charge is 2.12. The Morgan fingerprint density at radius 2 is 1.78 bits per heavy atom. The molecule has 0 unspecified atom stereocenters. The van der Waals surface area contributed by atoms with E-state index in [-0.39, 0.29) is 6.61 Å². The average Bonchev–Trinajstić information content (AvgIpc) is 2.38. The predicted molar refractivity (Wildman–Crippen MR) is 63.4 cm³/mol. The van der Waals surface area contributed by atoms with Crippen LogP contribution in [0, 0.1) is 0 Å². The Hall–Kier alpha value is -2.41. The summed E-state index contributed by atoms with van der Waals surface area (Å²) in [4.78, 5) is 33.4. The number of carbonyl (C=O) groups excluding carboxylic acids is 3. The van der Waals surface area contributed by atoms with Crippen molar-refractivity contribution in [1.82, 2.24) is 5.43 Å². The summed E-state index contributed by atoms with van der Waals surface area (Å²) in [5.41, 5.74) is 2.44. The van der Waals surface area contributed by atoms with Crippen LogP contribution in [0.1, 0.15) is 17.3 Å². The third kappa shape index (κ3) is 3.56. The first kappa shape index (κ1) is 13.7. The second kappa shape index (κ2) is 6.36. The molecule has 96 valence electrons. The Labute approximate surface area is 103 Å². The Balaban J connectivity index is 2.69. The molecule has 2 amide bonds. The van der Waals surface area contributed by atoms with Crippen molar-refractivity contribution < 1.29 is 19.1 Å². The van der Waals surface area contributed by atoms with Gasteiger partial charge in [-0.15, -0.1) is 0 Å². The minimum absolute atomic E-state index is 0.286. The second-order valence-corrected chi connectivity index (χ2v) is 3.23. The summed E-state index contributed by atoms with van der Waals surface area (Å²) in [5, 5.41) is 2.31. The number of amides is 2. The number of nitrogens with two attached hydrogens (primary N) is 1. The van der Waals surface area contributed by atoms with Crippen molar-refractivity contribution in [2.45, 2.75) is 6.92 Å². The number of ether oxygens (including phenoxy) is 1. The van der Waals surface area contributed by atoms with E-state index >= 15 is 0 Å². The Kier molecular flexibility index (Phi) is 4.82. The molecule has 0 atom stereocenters. The molecular formula is C11H13N3O4. The summed E-state index contributed by atoms with van der Waals surface area (Å²) < 4.78 is 4.80. The van der Waals surface area contributed by atoms with Gasteiger partial charge in [0.25, 0.3) is 0 Å². The molecule has 0 aliphatic rings. The molecule has 1 rings (SSSR count). The predicted octanol–water partition coefficient (Wildman–Crippen LogP) is -0.208. The number of nitrogens with one attached hydrogen (secondary N) is 2. The van der Waals surface area contributed by atoms with Gasteiger partial charge in [-0.1, -0.05) is 0 Å². The molecular weight excluding hydrogens is 238 g/mol. The van der Waals surface area contributed by atoms with E-state index in [9.17, 15) is 14.4 Å². The molecule has 0 aromatic heterocycles. The Bertz CT molecular complexity index is 456. The van der Waals surface area contributed by atoms with Crippen molar-refractivity contribution >= 4 is 23.5 Å². The molecule has 4 N–H and O–H groups in total. The van der Waals surface area contributed by atoms with E-state index in [1.807, 2.05) is 0 Å². The number of hydrogen-bond donors (Lipinski definition) is 3. The lowest BCUT2D eigenvalue weighted by Gasteiger charge is -2.05. The van der Waals surface area contributed by atoms with Crippen LogP contribution in [0.3, 0.4) is 0 Å². The maximum absolute atomic E-state index is 11.3. The van der Waals surface area contributed by atoms with E-state index in [1.54, 1.807) is 12.3 Å². The van der Waals surface area contributed by atoms with E-state index in [1.165, 1.54) is 24.3 Å². The molecule has 0 radical (unpaired) electrons. The van der Waals surface area contributed by atoms with Crippen LogP contribution in [0.25, 0.3) is 0 Å². The van der Waals surface area contributed by atoms with Gasteiger partial charge in [0.2, 0.25) is 0 Å². The number of rotatable bonds is 3. The number of esters is 1. The molecule has 18 heavy (non-hydrogen) atoms. The van der Waals surface area contributed by atoms with Gasteiger partial charge in [-0.25, -0.2) is 10.6 Å². The van der Waals surface area contributed by atoms with Gasteiger partial charge in [0.1, 0.15) is 0 Å². The largest absolute Gasteiger partial charge is 0.462 e. The van der Waals surface area contributed by atoms with Gasteiger partial charge >= 0.3 is 17.8 Å². The zero-order valence-corrected chi connectivity index (χ0v) is 9.73. The molecule has 0 bridgehead atoms. The van der Waals surface area contributed by atoms with Crippen LogP contribution in [-0.4, -0.2) is 24.4 Å². The normalized spacial score (nSPS) is 9.44. The van der Waals surface area contributed by atoms with Gasteiger partial charge in [0.15, 0.2) is 0 Å². The van der Waals surface area contributed by atoms with Crippen LogP contribution in [0.5, 0.6) is 0 Å². The molecule has 0 saturated heterocycles. The second-order valence-electron chi connectivity index (χ2n) is 3.23. The first-order chi connectivity index (χ1) is 8.58. The molecule has 7 heteroatoms. The minimum Gasteiger partial charge on any atom is -0.462 e. The minimum atomic E-state index is -0.954. The van der Waals surface area contributed by atoms with Crippen LogP contribution >= 0.6 is 0 Å². The number of benzene rings is 1. The van der Waals surface area contributed by atoms with Crippen molar-refractivity contribution in [2.24, 2.45) is 5.84 Å². The molecule has 0 fully saturated rings. The quantitative estimate of drug-likeness (QED) is 0.226. The summed E-state index contributed by atoms with van der Waals surface area (Å²) in [7, 11) is 0. The molecule has 1 aromatic rings. The molecule has 0 spiro atoms. The van der Waals surface area contributed by atoms with E-state index in [2.05, 4.69) is 5.32 Å². The van der Waals surface area contributed by atoms with Gasteiger partial charge < -0.3 is 10.1 Å². The van der Waals surface area contributed by atoms with Gasteiger partial charge in [-0.2, -0.15) is 0 Å². The van der Waals surface area contributed by atoms with Gasteiger partial charge in [-0.3, -0.25) is 15.0 Å². The van der Waals surface area contributed by atoms with Gasteiger partial charge in [0.05, 0.1) is 12.2 Å². The highest BCUT2D eigenvalue weighted by atomic mass is 16.5. The molecule has 0 aliphatic heterocycles. The molecule has 0 saturated carbocycles. The van der Waals surface area contributed by atoms with E-state index in [0.29, 0.717) is 11.3 Å². The third-order valence-electron chi connectivity index (χ3n) is 1.99. The van der Waals surface area contributed by atoms with E-state index in [0.717, 1.165) is 0 Å². The molecule has 0 heterocycles. The average molecular weight is 251 g/mol. The fourth-order valence-electron chi connectivity index (χ4n) is 1.16. The van der Waals surface area contributed by atoms with Crippen molar-refractivity contribution in [2.75, 3.05) is 11.9 Å². The zero-order chi connectivity index (χ0) is 13.5. The first-order valence-corrected chi connectivity index (χ1v) is 5.17. The number of hydrogen-bond acceptors (Lipinski definition) is 5. The number of carbonyl (C=O) groups is 3. The topological polar surface area (TPSA) is 111 Å². The number of hydrazine groups is 1. The zero-order valence-electron chi connectivity index (χ0n) is 9.73. The molecule has 0 aliphatic carbocycles. The Morgan fingerprint density at radius 1 is 1.17 bits per heavy atom. The van der Waals surface area contributed by atoms with Crippen LogP contribution in [-0.2, 0) is 14.3 Å². The Morgan fingerprint density at radius 3 is 2.28 bits per heavy atom. The van der Waals surface area contributed by atoms with Crippen molar-refractivity contribution in [3.05, 3.63) is 29.8 Å². The molecule has 1 aromatic carbocycles. The lowest BCUT2D eigenvalue weighted by atomic mass is 10.2. The van der Waals surface area contributed by atoms with E-state index < -0.39 is 17.8 Å². The summed E-state index contributed by atoms with van der Waals surface area (Å²) in [5.74, 6) is 2.51. The van der Waals surface area contributed by atoms with Gasteiger partial charge in [0, 0.05) is 5.69 Å². The smallest absolute Gasteiger partial charge is 0.338 e. The summed E-state index contributed by atoms with van der Waals surface area (Å²) in [6, 6.07) is 5.92. The van der Waals surface area contributed by atoms with Crippen LogP contribution < -0.4 is 16.6 Å². The van der Waals surface area contributed by atoms with E-state index in [4.69, 9.17) is 10.6 Å². The molecule has 7 nitrogen and oxygen atoms in total. The maximum Gasteiger partial charge on any atom is 0.338 e. The summed E-state index contributed by atoms with van der Waals surface area (Å²) in [6.07, 6.45) is 0. The fourth-order valence-corrected chi connectivity index (χ4v) is 1.16.